The van der Waals surface area contributed by atoms with E-state index in [4.69, 9.17) is 67.7 Å². The number of likely N-dealkylation sites (N-methyl/N-ethyl adjacent to an activating group) is 4. The van der Waals surface area contributed by atoms with Gasteiger partial charge in [-0.3, -0.25) is 23.7 Å². The Morgan fingerprint density at radius 3 is 1.04 bits per heavy atom. The van der Waals surface area contributed by atoms with Crippen LogP contribution in [0.25, 0.3) is 55.5 Å². The van der Waals surface area contributed by atoms with Gasteiger partial charge >= 0.3 is 6.09 Å². The Morgan fingerprint density at radius 1 is 0.440 bits per heavy atom. The molecule has 15 aromatic rings. The third kappa shape index (κ3) is 38.2. The fraction of sp³-hybridized carbons (Fsp3) is 0.253. The molecule has 0 saturated heterocycles. The van der Waals surface area contributed by atoms with E-state index in [1.165, 1.54) is 24.3 Å². The Bertz CT molecular complexity index is 6590. The molecule has 0 unspecified atom stereocenters. The van der Waals surface area contributed by atoms with E-state index >= 15 is 0 Å². The zero-order valence-corrected chi connectivity index (χ0v) is 82.9. The first-order chi connectivity index (χ1) is 64.9. The van der Waals surface area contributed by atoms with Gasteiger partial charge < -0.3 is 104 Å². The van der Waals surface area contributed by atoms with Gasteiger partial charge in [-0.1, -0.05) is 154 Å². The molecule has 756 valence electrons. The van der Waals surface area contributed by atoms with E-state index in [2.05, 4.69) is 72.8 Å². The minimum Gasteiger partial charge on any atom is -0.508 e. The SMILES string of the molecule is C.C.CNC(=O)[C@H](Cc1ccccc1)Nc1nc2ccc(O)cc2o1.CNC(=O)[C@H](Cc1ccccc1)Nc1nc2ccc(OC)cc2o1.CNC(=O)[C@H](Cc1ccccc1)Nc1nc2ccc(OC/C(=C\F)CN)cc2o1.CNC(=O)[C@H](Cc1ccccc1)Nc1nc2ccc(OC/C(=C\F)CNC(=O)OC(C)(C)C)cc2o1.COc1ccc2nc(Cl)oc2c1.Cc1ccc(S(=O)(=O)O)cc1.S.S.S.S. The van der Waals surface area contributed by atoms with E-state index in [1.807, 2.05) is 140 Å². The summed E-state index contributed by atoms with van der Waals surface area (Å²) >= 11 is 5.56. The maximum atomic E-state index is 13.3. The number of carbonyl (C=O) groups excluding carboxylic acids is 5. The number of aromatic nitrogens is 5. The number of benzene rings is 10. The minimum absolute atomic E-state index is 0. The van der Waals surface area contributed by atoms with Crippen LogP contribution in [0.5, 0.6) is 28.7 Å². The quantitative estimate of drug-likeness (QED) is 0.0174. The van der Waals surface area contributed by atoms with Crippen molar-refractivity contribution in [3.05, 3.63) is 294 Å². The van der Waals surface area contributed by atoms with Crippen LogP contribution in [0.2, 0.25) is 5.35 Å². The van der Waals surface area contributed by atoms with Crippen molar-refractivity contribution >= 4 is 185 Å². The first kappa shape index (κ1) is 119. The Hall–Kier alpha value is -14.2. The monoisotopic (exact) mass is 2060 g/mol. The summed E-state index contributed by atoms with van der Waals surface area (Å²) in [5.74, 6) is 1.80. The molecular formula is C99H120ClF2N15O19S5. The number of amides is 5. The van der Waals surface area contributed by atoms with Crippen LogP contribution in [0.3, 0.4) is 0 Å². The number of nitrogens with zero attached hydrogens (tertiary/aromatic N) is 5. The predicted octanol–water partition coefficient (Wildman–Crippen LogP) is 17.5. The van der Waals surface area contributed by atoms with Crippen molar-refractivity contribution in [2.45, 2.75) is 103 Å². The topological polar surface area (TPSA) is 471 Å². The molecule has 15 rings (SSSR count). The number of rotatable bonds is 32. The van der Waals surface area contributed by atoms with Crippen LogP contribution in [-0.4, -0.2) is 171 Å². The third-order valence-electron chi connectivity index (χ3n) is 19.4. The van der Waals surface area contributed by atoms with Crippen LogP contribution in [0.1, 0.15) is 63.4 Å². The van der Waals surface area contributed by atoms with Crippen molar-refractivity contribution in [3.8, 4) is 28.7 Å². The molecule has 0 spiro atoms. The Kier molecular flexibility index (Phi) is 50.1. The number of anilines is 4. The number of aryl methyl sites for hydroxylation is 1. The summed E-state index contributed by atoms with van der Waals surface area (Å²) in [5, 5.41) is 34.9. The summed E-state index contributed by atoms with van der Waals surface area (Å²) in [4.78, 5) is 82.0. The third-order valence-corrected chi connectivity index (χ3v) is 20.5. The largest absolute Gasteiger partial charge is 0.508 e. The number of halogens is 3. The van der Waals surface area contributed by atoms with E-state index in [0.717, 1.165) is 39.1 Å². The molecular weight excluding hydrogens is 1940 g/mol. The number of oxazole rings is 5. The van der Waals surface area contributed by atoms with E-state index in [1.54, 1.807) is 142 Å². The van der Waals surface area contributed by atoms with E-state index in [0.29, 0.717) is 117 Å². The number of carbonyl (C=O) groups is 5. The second-order valence-corrected chi connectivity index (χ2v) is 32.3. The number of phenolic OH excluding ortho intramolecular Hbond substituents is 1. The van der Waals surface area contributed by atoms with E-state index in [9.17, 15) is 46.3 Å². The number of ether oxygens (including phenoxy) is 5. The lowest BCUT2D eigenvalue weighted by atomic mass is 10.1. The molecule has 141 heavy (non-hydrogen) atoms. The molecule has 42 heteroatoms. The van der Waals surface area contributed by atoms with Gasteiger partial charge in [0, 0.05) is 108 Å². The molecule has 4 atom stereocenters. The number of nitrogens with two attached hydrogens (primary N) is 1. The van der Waals surface area contributed by atoms with Gasteiger partial charge in [0.2, 0.25) is 23.6 Å². The van der Waals surface area contributed by atoms with E-state index < -0.39 is 46.0 Å². The molecule has 0 aliphatic heterocycles. The first-order valence-corrected chi connectivity index (χ1v) is 43.8. The Morgan fingerprint density at radius 2 is 0.738 bits per heavy atom. The smallest absolute Gasteiger partial charge is 0.407 e. The highest BCUT2D eigenvalue weighted by atomic mass is 35.5. The van der Waals surface area contributed by atoms with Gasteiger partial charge in [0.15, 0.2) is 27.9 Å². The first-order valence-electron chi connectivity index (χ1n) is 42.0. The summed E-state index contributed by atoms with van der Waals surface area (Å²) in [5.41, 5.74) is 16.2. The maximum absolute atomic E-state index is 13.3. The summed E-state index contributed by atoms with van der Waals surface area (Å²) in [6.45, 7) is 7.04. The highest BCUT2D eigenvalue weighted by Crippen LogP contribution is 2.31. The van der Waals surface area contributed by atoms with Crippen LogP contribution in [0.4, 0.5) is 37.6 Å². The van der Waals surface area contributed by atoms with Gasteiger partial charge in [0.1, 0.15) is 99.3 Å². The molecule has 0 saturated carbocycles. The van der Waals surface area contributed by atoms with Crippen molar-refractivity contribution in [1.82, 2.24) is 51.5 Å². The standard InChI is InChI=1S/C26H31FN4O5.C21H23FN4O3.C18H19N3O3.C17H17N3O3.C8H6ClNO2.C7H8O3S.2CH4.4H2S/c1-26(2,3)36-25(33)29-15-18(14-27)16-34-19-10-11-20-22(13-19)35-24(30-20)31-21(23(32)28-4)12-17-8-6-5-7-9-17;1-24-20(27)18(9-14-5-3-2-4-6-14)26-21-25-17-8-7-16(10-19(17)29-21)28-13-15(11-22)12-23;1-19-17(22)15(10-12-6-4-3-5-7-12)21-18-20-14-9-8-13(23-2)11-16(14)24-18;1-18-16(22)14(9-11-5-3-2-4-6-11)20-17-19-13-8-7-12(21)10-15(13)23-17;1-11-5-2-3-6-7(4-5)12-8(9)10-6;1-6-2-4-7(5-3-6)11(8,9)10;;;;;;/h5-11,13-14,21H,12,15-16H2,1-4H3,(H,28,32)(H,29,33)(H,30,31);2-8,10-11,18H,9,12-13,23H2,1H3,(H,24,27)(H,25,26);3-9,11,15H,10H2,1-2H3,(H,19,22)(H,20,21);2-8,10,14,21H,9H2,1H3,(H,18,22)(H,19,20);2-4H,1H3;2-5H,1H3,(H,8,9,10);2*1H4;4*1H2/b18-14-;15-11-;;;;;;;;;;/t21-;18-;15-;14-;;;;;;;;/m0000......../s1. The normalized spacial score (nSPS) is 11.6. The summed E-state index contributed by atoms with van der Waals surface area (Å²) in [6.07, 6.45) is 2.15. The second kappa shape index (κ2) is 59.3. The van der Waals surface area contributed by atoms with Crippen LogP contribution in [0, 0.1) is 6.92 Å². The molecule has 0 fully saturated rings. The fourth-order valence-electron chi connectivity index (χ4n) is 12.5. The number of fused-ring (bicyclic) bond motifs is 5. The van der Waals surface area contributed by atoms with Crippen LogP contribution in [0.15, 0.2) is 287 Å². The van der Waals surface area contributed by atoms with Crippen molar-refractivity contribution in [3.63, 3.8) is 0 Å². The molecule has 0 aliphatic rings. The number of hydrogen-bond acceptors (Lipinski definition) is 28. The lowest BCUT2D eigenvalue weighted by Crippen LogP contribution is -2.39. The van der Waals surface area contributed by atoms with E-state index in [-0.39, 0.29) is 158 Å². The van der Waals surface area contributed by atoms with Crippen LogP contribution >= 0.6 is 65.6 Å². The number of hydrogen-bond donors (Lipinski definition) is 12. The molecule has 0 bridgehead atoms. The van der Waals surface area contributed by atoms with Crippen molar-refractivity contribution in [2.24, 2.45) is 5.73 Å². The molecule has 34 nitrogen and oxygen atoms in total. The number of nitrogens with one attached hydrogen (secondary N) is 9. The molecule has 5 amide bonds. The number of methoxy groups -OCH3 is 2. The molecule has 13 N–H and O–H groups in total. The summed E-state index contributed by atoms with van der Waals surface area (Å²) in [7, 11) is 5.52. The molecule has 5 heterocycles. The minimum atomic E-state index is -4.02. The predicted molar refractivity (Wildman–Crippen MR) is 565 cm³/mol. The van der Waals surface area contributed by atoms with Gasteiger partial charge in [0.05, 0.1) is 31.8 Å². The highest BCUT2D eigenvalue weighted by Gasteiger charge is 2.26. The molecule has 0 radical (unpaired) electrons. The highest BCUT2D eigenvalue weighted by molar-refractivity contribution is 7.85. The van der Waals surface area contributed by atoms with Gasteiger partial charge in [-0.2, -0.15) is 87.3 Å². The lowest BCUT2D eigenvalue weighted by molar-refractivity contribution is -0.122. The summed E-state index contributed by atoms with van der Waals surface area (Å²) in [6, 6.07) is 69.1. The summed E-state index contributed by atoms with van der Waals surface area (Å²) < 4.78 is 110. The van der Waals surface area contributed by atoms with Gasteiger partial charge in [0.25, 0.3) is 39.5 Å². The molecule has 10 aromatic carbocycles. The van der Waals surface area contributed by atoms with Crippen LogP contribution < -0.4 is 72.5 Å². The number of aromatic hydroxyl groups is 1. The van der Waals surface area contributed by atoms with Gasteiger partial charge in [-0.05, 0) is 134 Å². The number of phenols is 1. The van der Waals surface area contributed by atoms with Crippen LogP contribution in [-0.2, 0) is 59.7 Å². The number of alkyl carbamates (subject to hydrolysis) is 1. The Balaban J connectivity index is 0.000000362. The Labute approximate surface area is 848 Å². The second-order valence-electron chi connectivity index (χ2n) is 30.6. The lowest BCUT2D eigenvalue weighted by Gasteiger charge is -2.20. The zero-order valence-electron chi connectivity index (χ0n) is 77.3. The van der Waals surface area contributed by atoms with Gasteiger partial charge in [-0.25, -0.2) is 13.6 Å². The van der Waals surface area contributed by atoms with Crippen molar-refractivity contribution in [1.29, 1.82) is 0 Å². The average Bonchev–Trinajstić information content (AvgIpc) is 1.70. The van der Waals surface area contributed by atoms with Crippen molar-refractivity contribution < 1.29 is 96.6 Å². The fourth-order valence-corrected chi connectivity index (χ4v) is 13.2. The maximum Gasteiger partial charge on any atom is 0.407 e. The molecule has 0 aliphatic carbocycles. The molecule has 5 aromatic heterocycles. The zero-order chi connectivity index (χ0) is 97.0. The average molecular weight is 2060 g/mol. The van der Waals surface area contributed by atoms with Gasteiger partial charge in [-0.15, -0.1) is 0 Å². The van der Waals surface area contributed by atoms with Crippen molar-refractivity contribution in [2.75, 3.05) is 90.0 Å².